The van der Waals surface area contributed by atoms with E-state index >= 15 is 0 Å². The first kappa shape index (κ1) is 34.1. The third-order valence-corrected chi connectivity index (χ3v) is 6.95. The van der Waals surface area contributed by atoms with Crippen LogP contribution < -0.4 is 33.2 Å². The number of nitrogens with one attached hydrogen (secondary N) is 4. The lowest BCUT2D eigenvalue weighted by atomic mass is 10.0. The first-order valence-corrected chi connectivity index (χ1v) is 14.2. The van der Waals surface area contributed by atoms with Gasteiger partial charge in [-0.2, -0.15) is 0 Å². The number of aliphatic carboxylic acids is 2. The minimum Gasteiger partial charge on any atom is -0.481 e. The third-order valence-electron chi connectivity index (χ3n) is 6.95. The van der Waals surface area contributed by atoms with Gasteiger partial charge in [-0.05, 0) is 30.0 Å². The van der Waals surface area contributed by atoms with Crippen LogP contribution in [0.1, 0.15) is 30.4 Å². The highest BCUT2D eigenvalue weighted by atomic mass is 16.4. The van der Waals surface area contributed by atoms with Gasteiger partial charge in [0, 0.05) is 36.5 Å². The number of aliphatic imine (C=N–C) groups is 1. The van der Waals surface area contributed by atoms with E-state index in [0.717, 1.165) is 10.9 Å². The molecule has 0 saturated carbocycles. The summed E-state index contributed by atoms with van der Waals surface area (Å²) in [5.74, 6) is -5.38. The second kappa shape index (κ2) is 16.4. The number of nitrogens with zero attached hydrogens (tertiary/aromatic N) is 1. The molecular weight excluding hydrogens is 584 g/mol. The number of nitrogens with two attached hydrogens (primary N) is 3. The molecule has 0 bridgehead atoms. The predicted octanol–water partition coefficient (Wildman–Crippen LogP) is -0.652. The predicted molar refractivity (Wildman–Crippen MR) is 166 cm³/mol. The lowest BCUT2D eigenvalue weighted by Crippen LogP contribution is -2.58. The molecule has 0 saturated heterocycles. The highest BCUT2D eigenvalue weighted by Crippen LogP contribution is 2.19. The number of carbonyl (C=O) groups is 5. The van der Waals surface area contributed by atoms with Crippen LogP contribution in [0.2, 0.25) is 0 Å². The number of guanidine groups is 1. The number of hydrogen-bond donors (Lipinski definition) is 9. The summed E-state index contributed by atoms with van der Waals surface area (Å²) in [5, 5.41) is 27.4. The molecule has 3 aromatic rings. The fourth-order valence-electron chi connectivity index (χ4n) is 4.64. The van der Waals surface area contributed by atoms with Gasteiger partial charge in [-0.25, -0.2) is 4.79 Å². The van der Waals surface area contributed by atoms with Crippen LogP contribution in [0, 0.1) is 0 Å². The molecule has 0 aliphatic rings. The molecule has 4 atom stereocenters. The van der Waals surface area contributed by atoms with Crippen LogP contribution in [0.4, 0.5) is 0 Å². The van der Waals surface area contributed by atoms with Crippen molar-refractivity contribution in [2.75, 3.05) is 6.54 Å². The average Bonchev–Trinajstić information content (AvgIpc) is 3.40. The van der Waals surface area contributed by atoms with Gasteiger partial charge in [0.05, 0.1) is 12.5 Å². The Hall–Kier alpha value is -5.44. The first-order valence-electron chi connectivity index (χ1n) is 14.2. The number of aromatic amines is 1. The van der Waals surface area contributed by atoms with Crippen LogP contribution in [0.15, 0.2) is 65.8 Å². The van der Waals surface area contributed by atoms with Crippen molar-refractivity contribution in [3.63, 3.8) is 0 Å². The molecule has 4 unspecified atom stereocenters. The lowest BCUT2D eigenvalue weighted by molar-refractivity contribution is -0.143. The van der Waals surface area contributed by atoms with E-state index in [4.69, 9.17) is 17.2 Å². The fraction of sp³-hybridized carbons (Fsp3) is 0.333. The van der Waals surface area contributed by atoms with Gasteiger partial charge >= 0.3 is 11.9 Å². The Morgan fingerprint density at radius 3 is 2.09 bits per heavy atom. The van der Waals surface area contributed by atoms with E-state index in [1.165, 1.54) is 0 Å². The maximum absolute atomic E-state index is 13.5. The van der Waals surface area contributed by atoms with Crippen molar-refractivity contribution in [1.82, 2.24) is 20.9 Å². The van der Waals surface area contributed by atoms with Crippen molar-refractivity contribution in [2.45, 2.75) is 56.3 Å². The molecule has 0 aliphatic heterocycles. The number of hydrogen-bond acceptors (Lipinski definition) is 7. The Labute approximate surface area is 258 Å². The molecule has 1 heterocycles. The Morgan fingerprint density at radius 2 is 1.42 bits per heavy atom. The van der Waals surface area contributed by atoms with E-state index in [1.807, 2.05) is 12.1 Å². The van der Waals surface area contributed by atoms with Crippen LogP contribution >= 0.6 is 0 Å². The average molecular weight is 623 g/mol. The highest BCUT2D eigenvalue weighted by molar-refractivity contribution is 5.96. The maximum Gasteiger partial charge on any atom is 0.326 e. The van der Waals surface area contributed by atoms with Gasteiger partial charge in [0.1, 0.15) is 18.1 Å². The summed E-state index contributed by atoms with van der Waals surface area (Å²) < 4.78 is 0. The molecule has 0 spiro atoms. The summed E-state index contributed by atoms with van der Waals surface area (Å²) in [5.41, 5.74) is 18.7. The summed E-state index contributed by atoms with van der Waals surface area (Å²) in [4.78, 5) is 70.2. The normalized spacial score (nSPS) is 13.5. The van der Waals surface area contributed by atoms with Crippen molar-refractivity contribution >= 4 is 46.5 Å². The van der Waals surface area contributed by atoms with E-state index < -0.39 is 60.2 Å². The van der Waals surface area contributed by atoms with Gasteiger partial charge in [-0.3, -0.25) is 24.2 Å². The molecule has 3 rings (SSSR count). The van der Waals surface area contributed by atoms with Crippen LogP contribution in [-0.4, -0.2) is 81.5 Å². The number of para-hydroxylation sites is 1. The summed E-state index contributed by atoms with van der Waals surface area (Å²) in [6, 6.07) is 10.6. The number of aromatic nitrogens is 1. The molecule has 1 aromatic heterocycles. The minimum atomic E-state index is -1.65. The number of benzene rings is 2. The van der Waals surface area contributed by atoms with Crippen LogP contribution in [-0.2, 0) is 36.8 Å². The van der Waals surface area contributed by atoms with E-state index in [9.17, 15) is 34.2 Å². The quantitative estimate of drug-likeness (QED) is 0.0521. The third kappa shape index (κ3) is 10.7. The zero-order chi connectivity index (χ0) is 32.9. The van der Waals surface area contributed by atoms with E-state index in [-0.39, 0.29) is 31.8 Å². The summed E-state index contributed by atoms with van der Waals surface area (Å²) in [7, 11) is 0. The van der Waals surface area contributed by atoms with Crippen molar-refractivity contribution < 1.29 is 34.2 Å². The number of carboxylic acids is 2. The monoisotopic (exact) mass is 622 g/mol. The highest BCUT2D eigenvalue weighted by Gasteiger charge is 2.32. The van der Waals surface area contributed by atoms with Gasteiger partial charge in [-0.1, -0.05) is 48.5 Å². The van der Waals surface area contributed by atoms with Crippen molar-refractivity contribution in [2.24, 2.45) is 22.2 Å². The molecule has 3 amide bonds. The number of carbonyl (C=O) groups excluding carboxylic acids is 3. The molecule has 15 heteroatoms. The smallest absolute Gasteiger partial charge is 0.326 e. The van der Waals surface area contributed by atoms with Gasteiger partial charge < -0.3 is 48.3 Å². The maximum atomic E-state index is 13.5. The minimum absolute atomic E-state index is 0.00113. The molecule has 0 radical (unpaired) electrons. The number of rotatable bonds is 17. The second-order valence-electron chi connectivity index (χ2n) is 10.4. The number of amides is 3. The molecule has 45 heavy (non-hydrogen) atoms. The lowest BCUT2D eigenvalue weighted by Gasteiger charge is -2.25. The van der Waals surface area contributed by atoms with Gasteiger partial charge in [0.25, 0.3) is 0 Å². The van der Waals surface area contributed by atoms with Gasteiger partial charge in [-0.15, -0.1) is 0 Å². The number of fused-ring (bicyclic) bond motifs is 1. The molecule has 12 N–H and O–H groups in total. The van der Waals surface area contributed by atoms with E-state index in [2.05, 4.69) is 25.9 Å². The zero-order valence-corrected chi connectivity index (χ0v) is 24.4. The Bertz CT molecular complexity index is 1520. The second-order valence-corrected chi connectivity index (χ2v) is 10.4. The standard InChI is InChI=1S/C30H38N8O7/c31-20(10-6-12-34-30(32)33)26(41)36-22(13-17-7-2-1-3-8-17)27(42)37-23(15-25(39)40)28(43)38-24(29(44)45)14-18-16-35-21-11-5-4-9-19(18)21/h1-5,7-9,11,16,20,22-24,35H,6,10,12-15,31H2,(H,36,41)(H,37,42)(H,38,43)(H,39,40)(H,44,45)(H4,32,33,34). The summed E-state index contributed by atoms with van der Waals surface area (Å²) in [6.45, 7) is 0.251. The summed E-state index contributed by atoms with van der Waals surface area (Å²) >= 11 is 0. The summed E-state index contributed by atoms with van der Waals surface area (Å²) in [6.07, 6.45) is 1.29. The SMILES string of the molecule is NC(N)=NCCCC(N)C(=O)NC(Cc1ccccc1)C(=O)NC(CC(=O)O)C(=O)NC(Cc1c[nH]c2ccccc12)C(=O)O. The Morgan fingerprint density at radius 1 is 0.800 bits per heavy atom. The number of H-pyrrole nitrogens is 1. The Balaban J connectivity index is 1.75. The van der Waals surface area contributed by atoms with Crippen molar-refractivity contribution in [3.8, 4) is 0 Å². The molecule has 15 nitrogen and oxygen atoms in total. The largest absolute Gasteiger partial charge is 0.481 e. The van der Waals surface area contributed by atoms with E-state index in [1.54, 1.807) is 48.7 Å². The number of carboxylic acid groups (broad SMARTS) is 2. The molecule has 240 valence electrons. The van der Waals surface area contributed by atoms with Crippen LogP contribution in [0.25, 0.3) is 10.9 Å². The topological polar surface area (TPSA) is 268 Å². The molecule has 2 aromatic carbocycles. The van der Waals surface area contributed by atoms with Crippen LogP contribution in [0.5, 0.6) is 0 Å². The Kier molecular flexibility index (Phi) is 12.4. The molecule has 0 aliphatic carbocycles. The van der Waals surface area contributed by atoms with Crippen molar-refractivity contribution in [3.05, 3.63) is 71.9 Å². The van der Waals surface area contributed by atoms with Gasteiger partial charge in [0.2, 0.25) is 17.7 Å². The van der Waals surface area contributed by atoms with Crippen molar-refractivity contribution in [1.29, 1.82) is 0 Å². The first-order chi connectivity index (χ1) is 21.4. The van der Waals surface area contributed by atoms with E-state index in [0.29, 0.717) is 17.5 Å². The zero-order valence-electron chi connectivity index (χ0n) is 24.4. The molecular formula is C30H38N8O7. The van der Waals surface area contributed by atoms with Gasteiger partial charge in [0.15, 0.2) is 5.96 Å². The molecule has 0 fully saturated rings. The van der Waals surface area contributed by atoms with Crippen LogP contribution in [0.3, 0.4) is 0 Å². The fourth-order valence-corrected chi connectivity index (χ4v) is 4.64.